The van der Waals surface area contributed by atoms with E-state index < -0.39 is 0 Å². The Morgan fingerprint density at radius 1 is 0.207 bits per heavy atom. The second-order valence-electron chi connectivity index (χ2n) is 22.2. The van der Waals surface area contributed by atoms with Crippen LogP contribution in [0.1, 0.15) is 105 Å². The second kappa shape index (κ2) is 10.4. The fourth-order valence-corrected chi connectivity index (χ4v) is 11.1. The summed E-state index contributed by atoms with van der Waals surface area (Å²) < 4.78 is 0. The van der Waals surface area contributed by atoms with E-state index in [0.29, 0.717) is 0 Å². The highest BCUT2D eigenvalue weighted by atomic mass is 14.3. The van der Waals surface area contributed by atoms with Crippen molar-refractivity contribution in [2.24, 2.45) is 0 Å². The van der Waals surface area contributed by atoms with Crippen molar-refractivity contribution < 1.29 is 0 Å². The van der Waals surface area contributed by atoms with Crippen molar-refractivity contribution in [3.63, 3.8) is 0 Å². The molecule has 0 bridgehead atoms. The molecule has 0 N–H and O–H groups in total. The molecule has 0 nitrogen and oxygen atoms in total. The van der Waals surface area contributed by atoms with Crippen LogP contribution < -0.4 is 0 Å². The van der Waals surface area contributed by atoms with Gasteiger partial charge in [0.1, 0.15) is 0 Å². The van der Waals surface area contributed by atoms with Crippen LogP contribution in [0.15, 0.2) is 97.1 Å². The average molecular weight is 749 g/mol. The third-order valence-electron chi connectivity index (χ3n) is 14.4. The van der Waals surface area contributed by atoms with Gasteiger partial charge < -0.3 is 0 Å². The summed E-state index contributed by atoms with van der Waals surface area (Å²) in [5, 5.41) is 30.7. The molecule has 284 valence electrons. The second-order valence-corrected chi connectivity index (χ2v) is 22.2. The zero-order valence-electron chi connectivity index (χ0n) is 36.2. The molecule has 58 heavy (non-hydrogen) atoms. The first-order valence-corrected chi connectivity index (χ1v) is 21.5. The molecular weight excluding hydrogens is 697 g/mol. The number of rotatable bonds is 0. The molecule has 0 aliphatic heterocycles. The number of hydrogen-bond donors (Lipinski definition) is 0. The molecule has 12 aromatic carbocycles. The van der Waals surface area contributed by atoms with Crippen molar-refractivity contribution in [2.75, 3.05) is 0 Å². The van der Waals surface area contributed by atoms with Crippen LogP contribution in [0.25, 0.3) is 118 Å². The highest BCUT2D eigenvalue weighted by molar-refractivity contribution is 6.55. The van der Waals surface area contributed by atoms with Crippen molar-refractivity contribution >= 4 is 118 Å². The van der Waals surface area contributed by atoms with Gasteiger partial charge in [0.05, 0.1) is 0 Å². The molecule has 0 amide bonds. The summed E-state index contributed by atoms with van der Waals surface area (Å²) in [5.74, 6) is 0. The zero-order chi connectivity index (χ0) is 40.3. The Bertz CT molecular complexity index is 3480. The molecule has 0 saturated carbocycles. The predicted octanol–water partition coefficient (Wildman–Crippen LogP) is 17.3. The molecule has 0 atom stereocenters. The molecule has 0 aromatic heterocycles. The summed E-state index contributed by atoms with van der Waals surface area (Å²) in [6.07, 6.45) is 0. The van der Waals surface area contributed by atoms with E-state index in [1.807, 2.05) is 0 Å². The van der Waals surface area contributed by atoms with E-state index in [-0.39, 0.29) is 21.7 Å². The summed E-state index contributed by atoms with van der Waals surface area (Å²) in [7, 11) is 0. The van der Waals surface area contributed by atoms with Crippen LogP contribution in [0, 0.1) is 0 Å². The third-order valence-corrected chi connectivity index (χ3v) is 14.4. The normalized spacial score (nSPS) is 14.2. The largest absolute Gasteiger partial charge is 0.0579 e. The molecule has 0 aliphatic carbocycles. The highest BCUT2D eigenvalue weighted by Crippen LogP contribution is 2.57. The molecule has 0 saturated heterocycles. The van der Waals surface area contributed by atoms with Gasteiger partial charge in [-0.2, -0.15) is 0 Å². The van der Waals surface area contributed by atoms with Gasteiger partial charge in [0.2, 0.25) is 0 Å². The molecule has 0 unspecified atom stereocenters. The van der Waals surface area contributed by atoms with E-state index in [2.05, 4.69) is 180 Å². The highest BCUT2D eigenvalue weighted by Gasteiger charge is 2.30. The van der Waals surface area contributed by atoms with Crippen LogP contribution in [0.4, 0.5) is 0 Å². The Labute approximate surface area is 341 Å². The lowest BCUT2D eigenvalue weighted by Gasteiger charge is -2.29. The molecular formula is C58H52. The van der Waals surface area contributed by atoms with Gasteiger partial charge in [0.25, 0.3) is 0 Å². The smallest absolute Gasteiger partial charge is 0.0000707 e. The van der Waals surface area contributed by atoms with Crippen molar-refractivity contribution in [2.45, 2.75) is 105 Å². The summed E-state index contributed by atoms with van der Waals surface area (Å²) in [4.78, 5) is 0. The van der Waals surface area contributed by atoms with Gasteiger partial charge in [-0.25, -0.2) is 0 Å². The first-order chi connectivity index (χ1) is 27.3. The quantitative estimate of drug-likeness (QED) is 0.107. The minimum absolute atomic E-state index is 0.0195. The maximum absolute atomic E-state index is 2.56. The molecule has 0 heterocycles. The zero-order valence-corrected chi connectivity index (χ0v) is 36.2. The summed E-state index contributed by atoms with van der Waals surface area (Å²) in [6.45, 7) is 28.3. The van der Waals surface area contributed by atoms with Gasteiger partial charge in [-0.05, 0) is 199 Å². The molecule has 0 spiro atoms. The van der Waals surface area contributed by atoms with E-state index in [1.54, 1.807) is 0 Å². The van der Waals surface area contributed by atoms with Crippen LogP contribution >= 0.6 is 0 Å². The van der Waals surface area contributed by atoms with E-state index >= 15 is 0 Å². The van der Waals surface area contributed by atoms with Gasteiger partial charge >= 0.3 is 0 Å². The van der Waals surface area contributed by atoms with Crippen molar-refractivity contribution in [3.05, 3.63) is 119 Å². The SMILES string of the molecule is CC(C)(C)c1ccc2cc3c4cc(C(C)(C)C)cc5c6ccc7c8cc(C(C)(C)C)ccc8cc8c9cc(C(C)(C)C)cc%10c%11ccc(c2c1)c3c%11c(c45)c(c9%10)c6c78. The standard InChI is InChI=1S/C58H52/c1-55(2,3)31-15-13-29-21-41-45-27-33(57(7,8)9)26-44-38-20-18-36-40-24-32(56(4,5)6)16-14-30(40)22-42-46-28-34(58(10,11)12)25-43-37-19-17-35(39(29)23-31)47(41)51(37)53(49(44)45)54(50(43)46)52(38)48(36)42/h13-28H,1-12H3. The van der Waals surface area contributed by atoms with Crippen LogP contribution in [-0.2, 0) is 21.7 Å². The van der Waals surface area contributed by atoms with Crippen molar-refractivity contribution in [1.29, 1.82) is 0 Å². The lowest BCUT2D eigenvalue weighted by atomic mass is 9.74. The minimum Gasteiger partial charge on any atom is -0.0579 e. The van der Waals surface area contributed by atoms with Crippen LogP contribution in [0.3, 0.4) is 0 Å². The molecule has 0 aliphatic rings. The Morgan fingerprint density at radius 2 is 0.466 bits per heavy atom. The maximum atomic E-state index is 2.56. The topological polar surface area (TPSA) is 0 Å². The summed E-state index contributed by atoms with van der Waals surface area (Å²) in [5.41, 5.74) is 5.63. The van der Waals surface area contributed by atoms with Gasteiger partial charge in [-0.3, -0.25) is 0 Å². The van der Waals surface area contributed by atoms with Gasteiger partial charge in [0, 0.05) is 0 Å². The Kier molecular flexibility index (Phi) is 6.20. The lowest BCUT2D eigenvalue weighted by molar-refractivity contribution is 0.591. The predicted molar refractivity (Wildman–Crippen MR) is 259 cm³/mol. The average Bonchev–Trinajstić information content (AvgIpc) is 3.16. The molecule has 0 heteroatoms. The van der Waals surface area contributed by atoms with E-state index in [4.69, 9.17) is 0 Å². The third kappa shape index (κ3) is 4.26. The summed E-state index contributed by atoms with van der Waals surface area (Å²) in [6, 6.07) is 39.7. The van der Waals surface area contributed by atoms with Gasteiger partial charge in [-0.1, -0.05) is 144 Å². The van der Waals surface area contributed by atoms with Crippen molar-refractivity contribution in [3.8, 4) is 0 Å². The van der Waals surface area contributed by atoms with Crippen LogP contribution in [0.2, 0.25) is 0 Å². The van der Waals surface area contributed by atoms with Gasteiger partial charge in [0.15, 0.2) is 0 Å². The van der Waals surface area contributed by atoms with E-state index in [9.17, 15) is 0 Å². The maximum Gasteiger partial charge on any atom is -0.0000707 e. The Hall–Kier alpha value is -5.46. The Morgan fingerprint density at radius 3 is 0.793 bits per heavy atom. The Balaban J connectivity index is 1.45. The van der Waals surface area contributed by atoms with E-state index in [1.165, 1.54) is 141 Å². The minimum atomic E-state index is -0.0195. The fourth-order valence-electron chi connectivity index (χ4n) is 11.1. The fraction of sp³-hybridized carbons (Fsp3) is 0.276. The summed E-state index contributed by atoms with van der Waals surface area (Å²) >= 11 is 0. The van der Waals surface area contributed by atoms with Crippen LogP contribution in [-0.4, -0.2) is 0 Å². The monoisotopic (exact) mass is 748 g/mol. The lowest BCUT2D eigenvalue weighted by Crippen LogP contribution is -2.12. The number of hydrogen-bond acceptors (Lipinski definition) is 0. The van der Waals surface area contributed by atoms with Crippen molar-refractivity contribution in [1.82, 2.24) is 0 Å². The molecule has 12 rings (SSSR count). The number of benzene rings is 12. The van der Waals surface area contributed by atoms with Gasteiger partial charge in [-0.15, -0.1) is 0 Å². The molecule has 0 fully saturated rings. The van der Waals surface area contributed by atoms with E-state index in [0.717, 1.165) is 0 Å². The number of fused-ring (bicyclic) bond motifs is 8. The first-order valence-electron chi connectivity index (χ1n) is 21.5. The molecule has 0 radical (unpaired) electrons. The molecule has 12 aromatic rings. The first kappa shape index (κ1) is 34.6. The van der Waals surface area contributed by atoms with Crippen LogP contribution in [0.5, 0.6) is 0 Å².